The molecule has 2 aromatic heterocycles. The molecule has 0 saturated carbocycles. The molecule has 0 spiro atoms. The molecule has 0 bridgehead atoms. The van der Waals surface area contributed by atoms with Gasteiger partial charge in [-0.25, -0.2) is 23.7 Å². The van der Waals surface area contributed by atoms with E-state index in [2.05, 4.69) is 25.0 Å². The van der Waals surface area contributed by atoms with Gasteiger partial charge in [-0.05, 0) is 18.2 Å². The molecule has 1 aliphatic heterocycles. The van der Waals surface area contributed by atoms with Crippen molar-refractivity contribution in [1.82, 2.24) is 15.0 Å². The zero-order valence-corrected chi connectivity index (χ0v) is 18.9. The third-order valence-corrected chi connectivity index (χ3v) is 5.97. The molecule has 0 unspecified atom stereocenters. The molecule has 34 heavy (non-hydrogen) atoms. The summed E-state index contributed by atoms with van der Waals surface area (Å²) >= 11 is 1.24. The summed E-state index contributed by atoms with van der Waals surface area (Å²) in [4.78, 5) is 27.9. The smallest absolute Gasteiger partial charge is 0.258 e. The zero-order valence-electron chi connectivity index (χ0n) is 18.1. The third kappa shape index (κ3) is 5.23. The number of benzene rings is 1. The van der Waals surface area contributed by atoms with E-state index in [9.17, 15) is 18.0 Å². The van der Waals surface area contributed by atoms with Gasteiger partial charge in [-0.2, -0.15) is 4.39 Å². The summed E-state index contributed by atoms with van der Waals surface area (Å²) in [6.07, 6.45) is 3.17. The normalized spacial score (nSPS) is 13.6. The number of hydrogen-bond acceptors (Lipinski definition) is 8. The number of hydrogen-bond donors (Lipinski definition) is 1. The molecule has 3 heterocycles. The predicted molar refractivity (Wildman–Crippen MR) is 120 cm³/mol. The lowest BCUT2D eigenvalue weighted by molar-refractivity contribution is 0.102. The number of ether oxygens (including phenoxy) is 2. The summed E-state index contributed by atoms with van der Waals surface area (Å²) in [6, 6.07) is 5.44. The Balaban J connectivity index is 1.49. The van der Waals surface area contributed by atoms with E-state index in [-0.39, 0.29) is 5.56 Å². The quantitative estimate of drug-likeness (QED) is 0.396. The van der Waals surface area contributed by atoms with Gasteiger partial charge in [-0.3, -0.25) is 4.79 Å². The minimum Gasteiger partial charge on any atom is -0.491 e. The number of rotatable bonds is 7. The van der Waals surface area contributed by atoms with Crippen LogP contribution >= 0.6 is 11.8 Å². The largest absolute Gasteiger partial charge is 0.491 e. The predicted octanol–water partition coefficient (Wildman–Crippen LogP) is 3.68. The average Bonchev–Trinajstić information content (AvgIpc) is 2.87. The van der Waals surface area contributed by atoms with Crippen LogP contribution in [0, 0.1) is 17.5 Å². The zero-order chi connectivity index (χ0) is 24.1. The molecule has 4 rings (SSSR count). The molecule has 0 aliphatic carbocycles. The summed E-state index contributed by atoms with van der Waals surface area (Å²) in [5, 5.41) is 2.55. The molecule has 1 aliphatic rings. The first kappa shape index (κ1) is 23.8. The van der Waals surface area contributed by atoms with E-state index in [1.807, 2.05) is 4.90 Å². The molecule has 178 valence electrons. The van der Waals surface area contributed by atoms with Gasteiger partial charge in [0.2, 0.25) is 11.8 Å². The van der Waals surface area contributed by atoms with Crippen molar-refractivity contribution < 1.29 is 27.4 Å². The van der Waals surface area contributed by atoms with Gasteiger partial charge in [-0.1, -0.05) is 11.8 Å². The van der Waals surface area contributed by atoms with E-state index >= 15 is 0 Å². The maximum absolute atomic E-state index is 14.3. The molecule has 1 aromatic carbocycles. The molecule has 1 saturated heterocycles. The first-order valence-corrected chi connectivity index (χ1v) is 11.2. The maximum Gasteiger partial charge on any atom is 0.258 e. The summed E-state index contributed by atoms with van der Waals surface area (Å²) in [7, 11) is 1.01. The Kier molecular flexibility index (Phi) is 7.48. The van der Waals surface area contributed by atoms with E-state index in [0.717, 1.165) is 12.8 Å². The fraction of sp³-hybridized carbons (Fsp3) is 0.273. The second-order valence-electron chi connectivity index (χ2n) is 7.11. The fourth-order valence-corrected chi connectivity index (χ4v) is 4.14. The molecule has 1 N–H and O–H groups in total. The van der Waals surface area contributed by atoms with E-state index < -0.39 is 34.8 Å². The van der Waals surface area contributed by atoms with Crippen molar-refractivity contribution in [2.45, 2.75) is 10.8 Å². The van der Waals surface area contributed by atoms with Gasteiger partial charge in [-0.15, -0.1) is 0 Å². The van der Waals surface area contributed by atoms with Crippen molar-refractivity contribution in [3.63, 3.8) is 0 Å². The SMILES string of the molecule is COc1c(F)cc(NC(=O)c2cccnc2SCc2ccnc(N3CCOCC3)n2)c(F)c1F. The van der Waals surface area contributed by atoms with Gasteiger partial charge in [0.25, 0.3) is 5.91 Å². The fourth-order valence-electron chi connectivity index (χ4n) is 3.25. The van der Waals surface area contributed by atoms with Crippen LogP contribution < -0.4 is 15.0 Å². The Labute approximate surface area is 197 Å². The molecular weight excluding hydrogens is 471 g/mol. The Morgan fingerprint density at radius 2 is 1.97 bits per heavy atom. The monoisotopic (exact) mass is 491 g/mol. The number of halogens is 3. The van der Waals surface area contributed by atoms with E-state index in [1.54, 1.807) is 12.3 Å². The van der Waals surface area contributed by atoms with Gasteiger partial charge in [0.05, 0.1) is 37.3 Å². The van der Waals surface area contributed by atoms with Crippen LogP contribution in [0.25, 0.3) is 0 Å². The van der Waals surface area contributed by atoms with Crippen molar-refractivity contribution in [1.29, 1.82) is 0 Å². The summed E-state index contributed by atoms with van der Waals surface area (Å²) in [5.74, 6) is -4.75. The number of carbonyl (C=O) groups excluding carboxylic acids is 1. The number of aromatic nitrogens is 3. The average molecular weight is 491 g/mol. The summed E-state index contributed by atoms with van der Waals surface area (Å²) in [6.45, 7) is 2.61. The van der Waals surface area contributed by atoms with E-state index in [4.69, 9.17) is 4.74 Å². The highest BCUT2D eigenvalue weighted by atomic mass is 32.2. The van der Waals surface area contributed by atoms with Crippen LogP contribution in [0.3, 0.4) is 0 Å². The Bertz CT molecular complexity index is 1190. The lowest BCUT2D eigenvalue weighted by Gasteiger charge is -2.26. The van der Waals surface area contributed by atoms with Crippen molar-refractivity contribution in [2.24, 2.45) is 0 Å². The Hall–Kier alpha value is -3.38. The van der Waals surface area contributed by atoms with Gasteiger partial charge >= 0.3 is 0 Å². The van der Waals surface area contributed by atoms with Crippen LogP contribution in [0.5, 0.6) is 5.75 Å². The van der Waals surface area contributed by atoms with E-state index in [1.165, 1.54) is 30.1 Å². The minimum atomic E-state index is -1.53. The molecule has 8 nitrogen and oxygen atoms in total. The number of nitrogens with one attached hydrogen (secondary N) is 1. The van der Waals surface area contributed by atoms with Crippen molar-refractivity contribution in [3.05, 3.63) is 65.4 Å². The first-order chi connectivity index (χ1) is 16.5. The van der Waals surface area contributed by atoms with Gasteiger partial charge < -0.3 is 19.7 Å². The van der Waals surface area contributed by atoms with E-state index in [0.29, 0.717) is 49.1 Å². The number of nitrogens with zero attached hydrogens (tertiary/aromatic N) is 4. The number of amides is 1. The van der Waals surface area contributed by atoms with Crippen molar-refractivity contribution in [2.75, 3.05) is 43.6 Å². The van der Waals surface area contributed by atoms with Crippen LogP contribution in [-0.4, -0.2) is 54.3 Å². The maximum atomic E-state index is 14.3. The lowest BCUT2D eigenvalue weighted by atomic mass is 10.2. The number of morpholine rings is 1. The molecule has 0 atom stereocenters. The van der Waals surface area contributed by atoms with Gasteiger partial charge in [0.1, 0.15) is 5.03 Å². The molecule has 12 heteroatoms. The third-order valence-electron chi connectivity index (χ3n) is 4.94. The minimum absolute atomic E-state index is 0.117. The van der Waals surface area contributed by atoms with Gasteiger partial charge in [0, 0.05) is 37.3 Å². The van der Waals surface area contributed by atoms with Gasteiger partial charge in [0.15, 0.2) is 17.4 Å². The van der Waals surface area contributed by atoms with Crippen molar-refractivity contribution in [3.8, 4) is 5.75 Å². The van der Waals surface area contributed by atoms with Crippen LogP contribution in [-0.2, 0) is 10.5 Å². The first-order valence-electron chi connectivity index (χ1n) is 10.2. The molecule has 0 radical (unpaired) electrons. The highest BCUT2D eigenvalue weighted by Gasteiger charge is 2.22. The van der Waals surface area contributed by atoms with Crippen LogP contribution in [0.4, 0.5) is 24.8 Å². The van der Waals surface area contributed by atoms with Crippen LogP contribution in [0.2, 0.25) is 0 Å². The molecule has 1 amide bonds. The second kappa shape index (κ2) is 10.7. The lowest BCUT2D eigenvalue weighted by Crippen LogP contribution is -2.37. The number of carbonyl (C=O) groups is 1. The molecular formula is C22H20F3N5O3S. The number of thioether (sulfide) groups is 1. The van der Waals surface area contributed by atoms with Crippen molar-refractivity contribution >= 4 is 29.3 Å². The standard InChI is InChI=1S/C22H20F3N5O3S/c1-32-19-15(23)11-16(17(24)18(19)25)29-20(31)14-3-2-5-26-21(14)34-12-13-4-6-27-22(28-13)30-7-9-33-10-8-30/h2-6,11H,7-10,12H2,1H3,(H,29,31). The summed E-state index contributed by atoms with van der Waals surface area (Å²) < 4.78 is 52.1. The highest BCUT2D eigenvalue weighted by molar-refractivity contribution is 7.98. The topological polar surface area (TPSA) is 89.5 Å². The molecule has 3 aromatic rings. The summed E-state index contributed by atoms with van der Waals surface area (Å²) in [5.41, 5.74) is 0.196. The second-order valence-corrected chi connectivity index (χ2v) is 8.08. The van der Waals surface area contributed by atoms with Crippen LogP contribution in [0.15, 0.2) is 41.7 Å². The number of methoxy groups -OCH3 is 1. The Morgan fingerprint density at radius 3 is 2.74 bits per heavy atom. The highest BCUT2D eigenvalue weighted by Crippen LogP contribution is 2.30. The number of anilines is 2. The molecule has 1 fully saturated rings. The van der Waals surface area contributed by atoms with Crippen LogP contribution in [0.1, 0.15) is 16.1 Å². The number of pyridine rings is 1. The Morgan fingerprint density at radius 1 is 1.18 bits per heavy atom.